The lowest BCUT2D eigenvalue weighted by Crippen LogP contribution is -2.39. The number of pyridine rings is 1. The molecule has 1 aliphatic rings. The van der Waals surface area contributed by atoms with Crippen molar-refractivity contribution in [1.29, 1.82) is 0 Å². The Morgan fingerprint density at radius 1 is 1.12 bits per heavy atom. The van der Waals surface area contributed by atoms with Gasteiger partial charge in [0.25, 0.3) is 5.91 Å². The third kappa shape index (κ3) is 2.46. The van der Waals surface area contributed by atoms with E-state index in [1.165, 1.54) is 0 Å². The number of carbonyl (C=O) groups is 1. The second-order valence-corrected chi connectivity index (χ2v) is 6.25. The van der Waals surface area contributed by atoms with E-state index in [9.17, 15) is 4.79 Å². The van der Waals surface area contributed by atoms with E-state index >= 15 is 0 Å². The molecule has 0 aliphatic carbocycles. The first-order chi connectivity index (χ1) is 11.8. The monoisotopic (exact) mass is 320 g/mol. The molecule has 1 aromatic carbocycles. The molecule has 24 heavy (non-hydrogen) atoms. The van der Waals surface area contributed by atoms with Crippen molar-refractivity contribution in [1.82, 2.24) is 19.7 Å². The molecule has 1 amide bonds. The normalized spacial score (nSPS) is 18.0. The third-order valence-electron chi connectivity index (χ3n) is 4.75. The van der Waals surface area contributed by atoms with Crippen molar-refractivity contribution in [3.05, 3.63) is 60.0 Å². The minimum atomic E-state index is 0.00199. The number of carbonyl (C=O) groups excluding carboxylic acids is 1. The van der Waals surface area contributed by atoms with E-state index < -0.39 is 0 Å². The van der Waals surface area contributed by atoms with Crippen LogP contribution in [0.15, 0.2) is 48.7 Å². The van der Waals surface area contributed by atoms with Crippen molar-refractivity contribution in [3.8, 4) is 0 Å². The second-order valence-electron chi connectivity index (χ2n) is 6.25. The van der Waals surface area contributed by atoms with Crippen molar-refractivity contribution < 1.29 is 4.79 Å². The molecule has 0 saturated carbocycles. The minimum absolute atomic E-state index is 0.00199. The summed E-state index contributed by atoms with van der Waals surface area (Å²) in [6.45, 7) is 0.755. The quantitative estimate of drug-likeness (QED) is 0.728. The molecular formula is C19H20N4O. The van der Waals surface area contributed by atoms with Crippen LogP contribution in [-0.4, -0.2) is 32.1 Å². The number of benzene rings is 1. The second kappa shape index (κ2) is 6.07. The smallest absolute Gasteiger partial charge is 0.275 e. The maximum atomic E-state index is 13.2. The van der Waals surface area contributed by atoms with Crippen molar-refractivity contribution >= 4 is 16.8 Å². The van der Waals surface area contributed by atoms with E-state index in [-0.39, 0.29) is 11.9 Å². The summed E-state index contributed by atoms with van der Waals surface area (Å²) in [6, 6.07) is 13.8. The van der Waals surface area contributed by atoms with E-state index in [1.807, 2.05) is 54.4 Å². The summed E-state index contributed by atoms with van der Waals surface area (Å²) in [5, 5.41) is 5.41. The van der Waals surface area contributed by atoms with Gasteiger partial charge in [0.05, 0.1) is 17.3 Å². The summed E-state index contributed by atoms with van der Waals surface area (Å²) in [4.78, 5) is 19.7. The SMILES string of the molecule is Cn1nc(C(=O)N2CCCCC2c2ccccn2)c2ccccc21. The molecule has 1 fully saturated rings. The van der Waals surface area contributed by atoms with Gasteiger partial charge in [-0.25, -0.2) is 0 Å². The standard InChI is InChI=1S/C19H20N4O/c1-22-16-10-3-2-8-14(16)18(21-22)19(24)23-13-7-5-11-17(23)15-9-4-6-12-20-15/h2-4,6,8-10,12,17H,5,7,11,13H2,1H3. The van der Waals surface area contributed by atoms with Crippen LogP contribution in [0, 0.1) is 0 Å². The lowest BCUT2D eigenvalue weighted by molar-refractivity contribution is 0.0601. The first-order valence-corrected chi connectivity index (χ1v) is 8.39. The number of amides is 1. The predicted octanol–water partition coefficient (Wildman–Crippen LogP) is 3.34. The highest BCUT2D eigenvalue weighted by atomic mass is 16.2. The van der Waals surface area contributed by atoms with E-state index in [2.05, 4.69) is 10.1 Å². The Bertz CT molecular complexity index is 871. The summed E-state index contributed by atoms with van der Waals surface area (Å²) in [7, 11) is 1.88. The molecule has 1 saturated heterocycles. The topological polar surface area (TPSA) is 51.0 Å². The molecule has 5 nitrogen and oxygen atoms in total. The lowest BCUT2D eigenvalue weighted by atomic mass is 9.98. The van der Waals surface area contributed by atoms with Crippen molar-refractivity contribution in [2.75, 3.05) is 6.54 Å². The Morgan fingerprint density at radius 3 is 2.79 bits per heavy atom. The first-order valence-electron chi connectivity index (χ1n) is 8.39. The highest BCUT2D eigenvalue weighted by molar-refractivity contribution is 6.05. The molecule has 0 spiro atoms. The van der Waals surface area contributed by atoms with Gasteiger partial charge in [-0.05, 0) is 37.5 Å². The summed E-state index contributed by atoms with van der Waals surface area (Å²) in [6.07, 6.45) is 4.89. The van der Waals surface area contributed by atoms with Gasteiger partial charge < -0.3 is 4.90 Å². The predicted molar refractivity (Wildman–Crippen MR) is 92.6 cm³/mol. The molecule has 5 heteroatoms. The maximum Gasteiger partial charge on any atom is 0.275 e. The number of aromatic nitrogens is 3. The molecule has 1 atom stereocenters. The molecule has 0 radical (unpaired) electrons. The highest BCUT2D eigenvalue weighted by Crippen LogP contribution is 2.32. The Kier molecular flexibility index (Phi) is 3.76. The number of likely N-dealkylation sites (tertiary alicyclic amines) is 1. The van der Waals surface area contributed by atoms with E-state index in [0.717, 1.165) is 42.4 Å². The number of hydrogen-bond donors (Lipinski definition) is 0. The third-order valence-corrected chi connectivity index (χ3v) is 4.75. The summed E-state index contributed by atoms with van der Waals surface area (Å²) >= 11 is 0. The van der Waals surface area contributed by atoms with Gasteiger partial charge in [0.2, 0.25) is 0 Å². The Hall–Kier alpha value is -2.69. The van der Waals surface area contributed by atoms with E-state index in [1.54, 1.807) is 10.9 Å². The number of nitrogens with zero attached hydrogens (tertiary/aromatic N) is 4. The van der Waals surface area contributed by atoms with Gasteiger partial charge in [0.1, 0.15) is 0 Å². The van der Waals surface area contributed by atoms with Crippen LogP contribution in [0.1, 0.15) is 41.5 Å². The van der Waals surface area contributed by atoms with Crippen LogP contribution in [0.2, 0.25) is 0 Å². The molecule has 1 aliphatic heterocycles. The van der Waals surface area contributed by atoms with Crippen LogP contribution in [0.5, 0.6) is 0 Å². The van der Waals surface area contributed by atoms with Gasteiger partial charge in [0.15, 0.2) is 5.69 Å². The average Bonchev–Trinajstić information content (AvgIpc) is 2.99. The van der Waals surface area contributed by atoms with Crippen molar-refractivity contribution in [2.45, 2.75) is 25.3 Å². The molecule has 0 N–H and O–H groups in total. The minimum Gasteiger partial charge on any atom is -0.329 e. The van der Waals surface area contributed by atoms with Crippen LogP contribution in [-0.2, 0) is 7.05 Å². The number of aryl methyl sites for hydroxylation is 1. The Labute approximate surface area is 140 Å². The number of rotatable bonds is 2. The molecule has 1 unspecified atom stereocenters. The van der Waals surface area contributed by atoms with Gasteiger partial charge in [-0.15, -0.1) is 0 Å². The maximum absolute atomic E-state index is 13.2. The highest BCUT2D eigenvalue weighted by Gasteiger charge is 2.31. The fraction of sp³-hybridized carbons (Fsp3) is 0.316. The van der Waals surface area contributed by atoms with Gasteiger partial charge in [-0.3, -0.25) is 14.5 Å². The number of para-hydroxylation sites is 1. The number of piperidine rings is 1. The summed E-state index contributed by atoms with van der Waals surface area (Å²) in [5.74, 6) is 0.00199. The van der Waals surface area contributed by atoms with Crippen molar-refractivity contribution in [3.63, 3.8) is 0 Å². The molecule has 4 rings (SSSR count). The van der Waals surface area contributed by atoms with Gasteiger partial charge >= 0.3 is 0 Å². The number of hydrogen-bond acceptors (Lipinski definition) is 3. The average molecular weight is 320 g/mol. The van der Waals surface area contributed by atoms with Gasteiger partial charge in [-0.1, -0.05) is 24.3 Å². The van der Waals surface area contributed by atoms with Crippen LogP contribution >= 0.6 is 0 Å². The zero-order chi connectivity index (χ0) is 16.5. The van der Waals surface area contributed by atoms with E-state index in [0.29, 0.717) is 5.69 Å². The van der Waals surface area contributed by atoms with Gasteiger partial charge in [0, 0.05) is 25.2 Å². The lowest BCUT2D eigenvalue weighted by Gasteiger charge is -2.35. The van der Waals surface area contributed by atoms with Gasteiger partial charge in [-0.2, -0.15) is 5.10 Å². The van der Waals surface area contributed by atoms with Crippen LogP contribution in [0.3, 0.4) is 0 Å². The summed E-state index contributed by atoms with van der Waals surface area (Å²) in [5.41, 5.74) is 2.48. The molecule has 0 bridgehead atoms. The van der Waals surface area contributed by atoms with Crippen LogP contribution in [0.25, 0.3) is 10.9 Å². The zero-order valence-corrected chi connectivity index (χ0v) is 13.7. The molecule has 122 valence electrons. The van der Waals surface area contributed by atoms with Crippen molar-refractivity contribution in [2.24, 2.45) is 7.05 Å². The fourth-order valence-corrected chi connectivity index (χ4v) is 3.56. The Balaban J connectivity index is 1.74. The molecule has 3 aromatic rings. The fourth-order valence-electron chi connectivity index (χ4n) is 3.56. The first kappa shape index (κ1) is 14.9. The largest absolute Gasteiger partial charge is 0.329 e. The van der Waals surface area contributed by atoms with E-state index in [4.69, 9.17) is 0 Å². The molecule has 3 heterocycles. The summed E-state index contributed by atoms with van der Waals surface area (Å²) < 4.78 is 1.78. The van der Waals surface area contributed by atoms with Crippen LogP contribution < -0.4 is 0 Å². The number of fused-ring (bicyclic) bond motifs is 1. The zero-order valence-electron chi connectivity index (χ0n) is 13.7. The molecular weight excluding hydrogens is 300 g/mol. The van der Waals surface area contributed by atoms with Crippen LogP contribution in [0.4, 0.5) is 0 Å². The Morgan fingerprint density at radius 2 is 1.96 bits per heavy atom. The molecule has 2 aromatic heterocycles.